The molecule has 1 saturated heterocycles. The molecule has 0 bridgehead atoms. The van der Waals surface area contributed by atoms with Crippen molar-refractivity contribution < 1.29 is 27.8 Å². The van der Waals surface area contributed by atoms with Crippen LogP contribution in [-0.2, 0) is 14.3 Å². The van der Waals surface area contributed by atoms with E-state index in [1.807, 2.05) is 0 Å². The maximum Gasteiger partial charge on any atom is 0.318 e. The van der Waals surface area contributed by atoms with Gasteiger partial charge in [0.25, 0.3) is 0 Å². The largest absolute Gasteiger partial charge is 0.494 e. The van der Waals surface area contributed by atoms with E-state index in [4.69, 9.17) is 4.74 Å². The van der Waals surface area contributed by atoms with E-state index in [0.29, 0.717) is 0 Å². The second-order valence-electron chi connectivity index (χ2n) is 4.59. The number of carbonyl (C=O) groups is 2. The number of esters is 1. The van der Waals surface area contributed by atoms with Crippen LogP contribution in [0.5, 0.6) is 5.75 Å². The first-order valence-electron chi connectivity index (χ1n) is 6.46. The number of nitrogens with one attached hydrogen (secondary N) is 1. The van der Waals surface area contributed by atoms with E-state index in [-0.39, 0.29) is 24.5 Å². The Morgan fingerprint density at radius 2 is 2.00 bits per heavy atom. The van der Waals surface area contributed by atoms with Crippen molar-refractivity contribution in [2.24, 2.45) is 5.92 Å². The first-order chi connectivity index (χ1) is 9.99. The number of benzene rings is 1. The second-order valence-corrected chi connectivity index (χ2v) is 4.59. The van der Waals surface area contributed by atoms with Crippen molar-refractivity contribution in [2.45, 2.75) is 12.8 Å². The minimum absolute atomic E-state index is 0.0274. The summed E-state index contributed by atoms with van der Waals surface area (Å²) in [4.78, 5) is 23.3. The molecule has 0 radical (unpaired) electrons. The van der Waals surface area contributed by atoms with Crippen molar-refractivity contribution in [3.8, 4) is 5.75 Å². The number of methoxy groups -OCH3 is 1. The van der Waals surface area contributed by atoms with Crippen molar-refractivity contribution in [3.05, 3.63) is 29.3 Å². The Labute approximate surface area is 120 Å². The molecule has 5 nitrogen and oxygen atoms in total. The summed E-state index contributed by atoms with van der Waals surface area (Å²) in [6.07, 6.45) is 0. The Balaban J connectivity index is 2.41. The molecule has 1 aliphatic rings. The molecule has 7 heteroatoms. The van der Waals surface area contributed by atoms with Crippen LogP contribution in [0, 0.1) is 17.6 Å². The number of rotatable bonds is 4. The Hall–Kier alpha value is -2.18. The highest BCUT2D eigenvalue weighted by Crippen LogP contribution is 2.35. The predicted molar refractivity (Wildman–Crippen MR) is 68.8 cm³/mol. The fraction of sp³-hybridized carbons (Fsp3) is 0.429. The van der Waals surface area contributed by atoms with Crippen LogP contribution < -0.4 is 10.1 Å². The topological polar surface area (TPSA) is 64.6 Å². The fourth-order valence-electron chi connectivity index (χ4n) is 2.45. The van der Waals surface area contributed by atoms with Gasteiger partial charge in [0.2, 0.25) is 5.91 Å². The average molecular weight is 299 g/mol. The van der Waals surface area contributed by atoms with E-state index >= 15 is 0 Å². The lowest BCUT2D eigenvalue weighted by atomic mass is 9.87. The van der Waals surface area contributed by atoms with E-state index in [9.17, 15) is 18.4 Å². The van der Waals surface area contributed by atoms with Crippen LogP contribution in [0.3, 0.4) is 0 Å². The van der Waals surface area contributed by atoms with Gasteiger partial charge in [-0.1, -0.05) is 0 Å². The molecule has 114 valence electrons. The lowest BCUT2D eigenvalue weighted by molar-refractivity contribution is -0.149. The quantitative estimate of drug-likeness (QED) is 0.673. The van der Waals surface area contributed by atoms with Gasteiger partial charge in [-0.05, 0) is 6.92 Å². The van der Waals surface area contributed by atoms with Crippen LogP contribution in [0.25, 0.3) is 0 Å². The molecule has 1 aromatic rings. The zero-order valence-electron chi connectivity index (χ0n) is 11.6. The van der Waals surface area contributed by atoms with Gasteiger partial charge in [-0.15, -0.1) is 0 Å². The van der Waals surface area contributed by atoms with Gasteiger partial charge in [0.1, 0.15) is 23.3 Å². The predicted octanol–water partition coefficient (Wildman–Crippen LogP) is 1.37. The standard InChI is InChI=1S/C14H15F2NO4/c1-3-21-7-4-9(15)11(10(16)5-7)8-6-17-13(18)12(8)14(19)20-2/h4-5,8,12H,3,6H2,1-2H3,(H,17,18). The molecule has 1 heterocycles. The summed E-state index contributed by atoms with van der Waals surface area (Å²) in [5, 5.41) is 2.42. The smallest absolute Gasteiger partial charge is 0.318 e. The summed E-state index contributed by atoms with van der Waals surface area (Å²) in [6, 6.07) is 2.08. The molecule has 2 unspecified atom stereocenters. The minimum Gasteiger partial charge on any atom is -0.494 e. The van der Waals surface area contributed by atoms with Gasteiger partial charge in [0.05, 0.1) is 13.7 Å². The summed E-state index contributed by atoms with van der Waals surface area (Å²) < 4.78 is 37.9. The van der Waals surface area contributed by atoms with Gasteiger partial charge in [0, 0.05) is 30.2 Å². The van der Waals surface area contributed by atoms with Crippen LogP contribution in [0.2, 0.25) is 0 Å². The lowest BCUT2D eigenvalue weighted by Gasteiger charge is -2.17. The zero-order valence-corrected chi connectivity index (χ0v) is 11.6. The van der Waals surface area contributed by atoms with E-state index in [2.05, 4.69) is 10.1 Å². The molecule has 1 amide bonds. The summed E-state index contributed by atoms with van der Waals surface area (Å²) >= 11 is 0. The Morgan fingerprint density at radius 1 is 1.38 bits per heavy atom. The highest BCUT2D eigenvalue weighted by Gasteiger charge is 2.44. The SMILES string of the molecule is CCOc1cc(F)c(C2CNC(=O)C2C(=O)OC)c(F)c1. The highest BCUT2D eigenvalue weighted by molar-refractivity contribution is 6.00. The molecule has 0 saturated carbocycles. The molecule has 21 heavy (non-hydrogen) atoms. The van der Waals surface area contributed by atoms with Crippen LogP contribution in [0.1, 0.15) is 18.4 Å². The number of hydrogen-bond acceptors (Lipinski definition) is 4. The monoisotopic (exact) mass is 299 g/mol. The average Bonchev–Trinajstić information content (AvgIpc) is 2.79. The summed E-state index contributed by atoms with van der Waals surface area (Å²) in [6.45, 7) is 1.93. The minimum atomic E-state index is -1.25. The molecule has 0 aliphatic carbocycles. The van der Waals surface area contributed by atoms with Gasteiger partial charge >= 0.3 is 5.97 Å². The van der Waals surface area contributed by atoms with Crippen LogP contribution >= 0.6 is 0 Å². The maximum atomic E-state index is 14.1. The van der Waals surface area contributed by atoms with Crippen molar-refractivity contribution >= 4 is 11.9 Å². The fourth-order valence-corrected chi connectivity index (χ4v) is 2.45. The van der Waals surface area contributed by atoms with Crippen LogP contribution in [0.4, 0.5) is 8.78 Å². The summed E-state index contributed by atoms with van der Waals surface area (Å²) in [7, 11) is 1.12. The van der Waals surface area contributed by atoms with Gasteiger partial charge in [-0.2, -0.15) is 0 Å². The number of amides is 1. The first-order valence-corrected chi connectivity index (χ1v) is 6.46. The number of hydrogen-bond donors (Lipinski definition) is 1. The molecule has 0 spiro atoms. The Kier molecular flexibility index (Phi) is 4.40. The van der Waals surface area contributed by atoms with Gasteiger partial charge < -0.3 is 14.8 Å². The van der Waals surface area contributed by atoms with Crippen molar-refractivity contribution in [3.63, 3.8) is 0 Å². The van der Waals surface area contributed by atoms with E-state index in [0.717, 1.165) is 19.2 Å². The third kappa shape index (κ3) is 2.81. The second kappa shape index (κ2) is 6.07. The van der Waals surface area contributed by atoms with E-state index < -0.39 is 35.3 Å². The first kappa shape index (κ1) is 15.2. The van der Waals surface area contributed by atoms with E-state index in [1.165, 1.54) is 0 Å². The van der Waals surface area contributed by atoms with E-state index in [1.54, 1.807) is 6.92 Å². The van der Waals surface area contributed by atoms with Gasteiger partial charge in [0.15, 0.2) is 0 Å². The summed E-state index contributed by atoms with van der Waals surface area (Å²) in [5.41, 5.74) is -0.313. The number of carbonyl (C=O) groups excluding carboxylic acids is 2. The Morgan fingerprint density at radius 3 is 2.52 bits per heavy atom. The number of ether oxygens (including phenoxy) is 2. The molecule has 2 atom stereocenters. The molecule has 1 N–H and O–H groups in total. The molecule has 2 rings (SSSR count). The third-order valence-electron chi connectivity index (χ3n) is 3.37. The maximum absolute atomic E-state index is 14.1. The lowest BCUT2D eigenvalue weighted by Crippen LogP contribution is -2.28. The third-order valence-corrected chi connectivity index (χ3v) is 3.37. The van der Waals surface area contributed by atoms with Crippen molar-refractivity contribution in [1.82, 2.24) is 5.32 Å². The Bertz CT molecular complexity index is 553. The molecule has 0 aromatic heterocycles. The molecule has 1 fully saturated rings. The van der Waals surface area contributed by atoms with Crippen LogP contribution in [-0.4, -0.2) is 32.1 Å². The van der Waals surface area contributed by atoms with Gasteiger partial charge in [-0.25, -0.2) is 8.78 Å². The molecule has 1 aromatic carbocycles. The van der Waals surface area contributed by atoms with Crippen molar-refractivity contribution in [2.75, 3.05) is 20.3 Å². The number of halogens is 2. The highest BCUT2D eigenvalue weighted by atomic mass is 19.1. The van der Waals surface area contributed by atoms with Gasteiger partial charge in [-0.3, -0.25) is 9.59 Å². The van der Waals surface area contributed by atoms with Crippen LogP contribution in [0.15, 0.2) is 12.1 Å². The molecular weight excluding hydrogens is 284 g/mol. The molecule has 1 aliphatic heterocycles. The zero-order chi connectivity index (χ0) is 15.6. The normalized spacial score (nSPS) is 21.0. The molecular formula is C14H15F2NO4. The van der Waals surface area contributed by atoms with Crippen molar-refractivity contribution in [1.29, 1.82) is 0 Å². The summed E-state index contributed by atoms with van der Waals surface area (Å²) in [5.74, 6) is -5.26.